The molecule has 0 saturated heterocycles. The fourth-order valence-corrected chi connectivity index (χ4v) is 3.11. The van der Waals surface area contributed by atoms with Crippen LogP contribution in [0.3, 0.4) is 0 Å². The van der Waals surface area contributed by atoms with Gasteiger partial charge in [0.25, 0.3) is 5.91 Å². The molecule has 0 fully saturated rings. The Morgan fingerprint density at radius 3 is 2.80 bits per heavy atom. The van der Waals surface area contributed by atoms with E-state index in [4.69, 9.17) is 9.47 Å². The summed E-state index contributed by atoms with van der Waals surface area (Å²) in [6, 6.07) is 12.9. The molecule has 3 rings (SSSR count). The van der Waals surface area contributed by atoms with Gasteiger partial charge in [0, 0.05) is 0 Å². The molecule has 0 spiro atoms. The first kappa shape index (κ1) is 17.3. The van der Waals surface area contributed by atoms with Gasteiger partial charge in [0.1, 0.15) is 11.5 Å². The van der Waals surface area contributed by atoms with Crippen LogP contribution in [0.1, 0.15) is 37.0 Å². The van der Waals surface area contributed by atoms with Crippen molar-refractivity contribution in [3.63, 3.8) is 0 Å². The van der Waals surface area contributed by atoms with Crippen molar-refractivity contribution >= 4 is 11.6 Å². The van der Waals surface area contributed by atoms with E-state index in [1.54, 1.807) is 6.07 Å². The van der Waals surface area contributed by atoms with Gasteiger partial charge in [-0.1, -0.05) is 24.3 Å². The third-order valence-electron chi connectivity index (χ3n) is 4.25. The smallest absolute Gasteiger partial charge is 0.262 e. The maximum Gasteiger partial charge on any atom is 0.262 e. The number of anilines is 1. The van der Waals surface area contributed by atoms with Gasteiger partial charge >= 0.3 is 0 Å². The predicted octanol–water partition coefficient (Wildman–Crippen LogP) is 3.47. The summed E-state index contributed by atoms with van der Waals surface area (Å²) in [4.78, 5) is 12.2. The standard InChI is InChI=1S/C20H23NO4/c1-2-24-19-11-4-3-9-16(19)21-20(23)13-25-18-12-6-7-14-15(18)8-5-10-17(14)22/h3-4,6-7,9,11-12,17,22H,2,5,8,10,13H2,1H3,(H,21,23). The lowest BCUT2D eigenvalue weighted by molar-refractivity contribution is -0.118. The summed E-state index contributed by atoms with van der Waals surface area (Å²) in [6.07, 6.45) is 2.10. The molecule has 0 radical (unpaired) electrons. The lowest BCUT2D eigenvalue weighted by Crippen LogP contribution is -2.21. The van der Waals surface area contributed by atoms with E-state index in [0.717, 1.165) is 30.4 Å². The molecule has 1 aliphatic carbocycles. The maximum atomic E-state index is 12.2. The van der Waals surface area contributed by atoms with Crippen LogP contribution in [0.2, 0.25) is 0 Å². The Labute approximate surface area is 147 Å². The Kier molecular flexibility index (Phi) is 5.56. The van der Waals surface area contributed by atoms with Crippen molar-refractivity contribution < 1.29 is 19.4 Å². The van der Waals surface area contributed by atoms with E-state index in [-0.39, 0.29) is 12.5 Å². The summed E-state index contributed by atoms with van der Waals surface area (Å²) in [5.41, 5.74) is 2.54. The lowest BCUT2D eigenvalue weighted by atomic mass is 9.89. The van der Waals surface area contributed by atoms with Gasteiger partial charge in [0.15, 0.2) is 6.61 Å². The van der Waals surface area contributed by atoms with Crippen molar-refractivity contribution in [3.05, 3.63) is 53.6 Å². The summed E-state index contributed by atoms with van der Waals surface area (Å²) >= 11 is 0. The second-order valence-electron chi connectivity index (χ2n) is 6.00. The summed E-state index contributed by atoms with van der Waals surface area (Å²) < 4.78 is 11.2. The van der Waals surface area contributed by atoms with Gasteiger partial charge in [-0.15, -0.1) is 0 Å². The van der Waals surface area contributed by atoms with E-state index >= 15 is 0 Å². The van der Waals surface area contributed by atoms with Crippen LogP contribution in [0.25, 0.3) is 0 Å². The average molecular weight is 341 g/mol. The number of aliphatic hydroxyl groups excluding tert-OH is 1. The molecule has 2 aromatic carbocycles. The highest BCUT2D eigenvalue weighted by molar-refractivity contribution is 5.93. The number of amides is 1. The highest BCUT2D eigenvalue weighted by atomic mass is 16.5. The van der Waals surface area contributed by atoms with Crippen LogP contribution in [0.5, 0.6) is 11.5 Å². The molecule has 0 aromatic heterocycles. The Hall–Kier alpha value is -2.53. The SMILES string of the molecule is CCOc1ccccc1NC(=O)COc1cccc2c1CCCC2O. The molecule has 0 aliphatic heterocycles. The zero-order valence-corrected chi connectivity index (χ0v) is 14.3. The Balaban J connectivity index is 1.65. The third-order valence-corrected chi connectivity index (χ3v) is 4.25. The summed E-state index contributed by atoms with van der Waals surface area (Å²) in [5.74, 6) is 1.06. The number of carbonyl (C=O) groups excluding carboxylic acids is 1. The number of hydrogen-bond donors (Lipinski definition) is 2. The molecule has 2 aromatic rings. The van der Waals surface area contributed by atoms with Crippen molar-refractivity contribution in [3.8, 4) is 11.5 Å². The molecule has 0 bridgehead atoms. The number of rotatable bonds is 6. The topological polar surface area (TPSA) is 67.8 Å². The summed E-state index contributed by atoms with van der Waals surface area (Å²) in [6.45, 7) is 2.34. The molecule has 132 valence electrons. The Morgan fingerprint density at radius 1 is 1.16 bits per heavy atom. The molecule has 0 saturated carbocycles. The fraction of sp³-hybridized carbons (Fsp3) is 0.350. The maximum absolute atomic E-state index is 12.2. The minimum absolute atomic E-state index is 0.0903. The van der Waals surface area contributed by atoms with Crippen LogP contribution < -0.4 is 14.8 Å². The van der Waals surface area contributed by atoms with Crippen LogP contribution in [0.4, 0.5) is 5.69 Å². The highest BCUT2D eigenvalue weighted by Gasteiger charge is 2.21. The largest absolute Gasteiger partial charge is 0.492 e. The van der Waals surface area contributed by atoms with Crippen LogP contribution >= 0.6 is 0 Å². The van der Waals surface area contributed by atoms with Crippen molar-refractivity contribution in [1.82, 2.24) is 0 Å². The van der Waals surface area contributed by atoms with E-state index in [9.17, 15) is 9.90 Å². The van der Waals surface area contributed by atoms with E-state index in [2.05, 4.69) is 5.32 Å². The molecule has 5 nitrogen and oxygen atoms in total. The number of nitrogens with one attached hydrogen (secondary N) is 1. The van der Waals surface area contributed by atoms with Gasteiger partial charge < -0.3 is 19.9 Å². The molecule has 1 unspecified atom stereocenters. The zero-order chi connectivity index (χ0) is 17.6. The minimum Gasteiger partial charge on any atom is -0.492 e. The molecule has 1 aliphatic rings. The molecular weight excluding hydrogens is 318 g/mol. The third kappa shape index (κ3) is 4.12. The number of hydrogen-bond acceptors (Lipinski definition) is 4. The number of fused-ring (bicyclic) bond motifs is 1. The first-order valence-corrected chi connectivity index (χ1v) is 8.63. The van der Waals surface area contributed by atoms with Crippen molar-refractivity contribution in [2.45, 2.75) is 32.3 Å². The van der Waals surface area contributed by atoms with E-state index in [1.807, 2.05) is 43.3 Å². The first-order valence-electron chi connectivity index (χ1n) is 8.63. The average Bonchev–Trinajstić information content (AvgIpc) is 2.62. The molecule has 1 atom stereocenters. The quantitative estimate of drug-likeness (QED) is 0.844. The molecular formula is C20H23NO4. The van der Waals surface area contributed by atoms with Crippen molar-refractivity contribution in [2.75, 3.05) is 18.5 Å². The van der Waals surface area contributed by atoms with Gasteiger partial charge in [0.2, 0.25) is 0 Å². The molecule has 25 heavy (non-hydrogen) atoms. The predicted molar refractivity (Wildman–Crippen MR) is 96.1 cm³/mol. The highest BCUT2D eigenvalue weighted by Crippen LogP contribution is 2.35. The second-order valence-corrected chi connectivity index (χ2v) is 6.00. The Morgan fingerprint density at radius 2 is 1.96 bits per heavy atom. The van der Waals surface area contributed by atoms with Gasteiger partial charge in [-0.05, 0) is 55.5 Å². The summed E-state index contributed by atoms with van der Waals surface area (Å²) in [7, 11) is 0. The van der Waals surface area contributed by atoms with Crippen molar-refractivity contribution in [1.29, 1.82) is 0 Å². The molecule has 5 heteroatoms. The van der Waals surface area contributed by atoms with Crippen LogP contribution in [0.15, 0.2) is 42.5 Å². The van der Waals surface area contributed by atoms with Crippen LogP contribution in [-0.4, -0.2) is 24.2 Å². The number of carbonyl (C=O) groups is 1. The van der Waals surface area contributed by atoms with Gasteiger partial charge in [-0.3, -0.25) is 4.79 Å². The van der Waals surface area contributed by atoms with E-state index in [0.29, 0.717) is 23.8 Å². The number of aliphatic hydroxyl groups is 1. The van der Waals surface area contributed by atoms with E-state index < -0.39 is 6.10 Å². The first-order chi connectivity index (χ1) is 12.2. The normalized spacial score (nSPS) is 16.0. The van der Waals surface area contributed by atoms with Crippen LogP contribution in [-0.2, 0) is 11.2 Å². The fourth-order valence-electron chi connectivity index (χ4n) is 3.11. The number of para-hydroxylation sites is 2. The monoisotopic (exact) mass is 341 g/mol. The molecule has 0 heterocycles. The molecule has 1 amide bonds. The van der Waals surface area contributed by atoms with Gasteiger partial charge in [0.05, 0.1) is 18.4 Å². The van der Waals surface area contributed by atoms with Crippen LogP contribution in [0, 0.1) is 0 Å². The van der Waals surface area contributed by atoms with Gasteiger partial charge in [-0.2, -0.15) is 0 Å². The molecule has 2 N–H and O–H groups in total. The van der Waals surface area contributed by atoms with E-state index in [1.165, 1.54) is 0 Å². The summed E-state index contributed by atoms with van der Waals surface area (Å²) in [5, 5.41) is 12.9. The second kappa shape index (κ2) is 8.03. The number of ether oxygens (including phenoxy) is 2. The van der Waals surface area contributed by atoms with Crippen molar-refractivity contribution in [2.24, 2.45) is 0 Å². The zero-order valence-electron chi connectivity index (χ0n) is 14.3. The Bertz CT molecular complexity index is 744. The van der Waals surface area contributed by atoms with Gasteiger partial charge in [-0.25, -0.2) is 0 Å². The minimum atomic E-state index is -0.445. The number of benzene rings is 2. The lowest BCUT2D eigenvalue weighted by Gasteiger charge is -2.23.